The van der Waals surface area contributed by atoms with Gasteiger partial charge in [-0.05, 0) is 21.2 Å². The monoisotopic (exact) mass is 491 g/mol. The maximum absolute atomic E-state index is 13.4. The number of benzene rings is 3. The summed E-state index contributed by atoms with van der Waals surface area (Å²) in [5, 5.41) is 2.86. The second-order valence-electron chi connectivity index (χ2n) is 7.54. The highest BCUT2D eigenvalue weighted by atomic mass is 79.9. The molecular formula is C27H26BrNO3. The molecule has 3 aromatic rings. The van der Waals surface area contributed by atoms with Gasteiger partial charge in [0, 0.05) is 12.8 Å². The van der Waals surface area contributed by atoms with Crippen molar-refractivity contribution in [3.8, 4) is 0 Å². The van der Waals surface area contributed by atoms with E-state index in [0.29, 0.717) is 4.48 Å². The Kier molecular flexibility index (Phi) is 8.01. The highest BCUT2D eigenvalue weighted by Crippen LogP contribution is 2.42. The van der Waals surface area contributed by atoms with E-state index in [2.05, 4.69) is 27.8 Å². The Bertz CT molecular complexity index is 955. The van der Waals surface area contributed by atoms with Crippen LogP contribution in [0.4, 0.5) is 0 Å². The second-order valence-corrected chi connectivity index (χ2v) is 8.67. The number of rotatable bonds is 9. The zero-order chi connectivity index (χ0) is 23.0. The number of carbonyl (C=O) groups excluding carboxylic acids is 2. The second kappa shape index (κ2) is 10.9. The van der Waals surface area contributed by atoms with Crippen molar-refractivity contribution in [2.45, 2.75) is 24.3 Å². The predicted molar refractivity (Wildman–Crippen MR) is 130 cm³/mol. The number of methoxy groups -OCH3 is 1. The molecule has 0 aliphatic carbocycles. The third-order valence-electron chi connectivity index (χ3n) is 5.47. The van der Waals surface area contributed by atoms with Crippen molar-refractivity contribution in [2.75, 3.05) is 7.11 Å². The highest BCUT2D eigenvalue weighted by Gasteiger charge is 2.39. The van der Waals surface area contributed by atoms with Crippen LogP contribution in [0.25, 0.3) is 0 Å². The summed E-state index contributed by atoms with van der Waals surface area (Å²) in [6.07, 6.45) is 0.362. The van der Waals surface area contributed by atoms with Gasteiger partial charge in [-0.3, -0.25) is 4.79 Å². The third-order valence-corrected chi connectivity index (χ3v) is 5.80. The fourth-order valence-corrected chi connectivity index (χ4v) is 4.34. The minimum atomic E-state index is -0.820. The first-order valence-electron chi connectivity index (χ1n) is 10.3. The molecule has 0 aliphatic rings. The number of esters is 1. The molecule has 32 heavy (non-hydrogen) atoms. The average molecular weight is 492 g/mol. The molecule has 3 aromatic carbocycles. The van der Waals surface area contributed by atoms with Crippen molar-refractivity contribution >= 4 is 27.8 Å². The van der Waals surface area contributed by atoms with E-state index in [1.165, 1.54) is 7.11 Å². The van der Waals surface area contributed by atoms with E-state index in [9.17, 15) is 9.59 Å². The molecule has 0 aromatic heterocycles. The van der Waals surface area contributed by atoms with E-state index in [1.807, 2.05) is 91.0 Å². The van der Waals surface area contributed by atoms with Crippen LogP contribution in [0.15, 0.2) is 102 Å². The van der Waals surface area contributed by atoms with Gasteiger partial charge in [-0.25, -0.2) is 4.79 Å². The predicted octanol–water partition coefficient (Wildman–Crippen LogP) is 5.37. The molecule has 0 radical (unpaired) electrons. The lowest BCUT2D eigenvalue weighted by Gasteiger charge is -2.36. The van der Waals surface area contributed by atoms with Crippen LogP contribution in [0.2, 0.25) is 0 Å². The van der Waals surface area contributed by atoms with E-state index in [0.717, 1.165) is 16.7 Å². The van der Waals surface area contributed by atoms with Crippen molar-refractivity contribution in [3.05, 3.63) is 119 Å². The number of hydrogen-bond donors (Lipinski definition) is 1. The molecule has 0 saturated carbocycles. The molecule has 0 aliphatic heterocycles. The van der Waals surface area contributed by atoms with Crippen LogP contribution < -0.4 is 5.32 Å². The number of amides is 1. The summed E-state index contributed by atoms with van der Waals surface area (Å²) >= 11 is 3.28. The Balaban J connectivity index is 2.09. The number of ether oxygens (including phenoxy) is 1. The summed E-state index contributed by atoms with van der Waals surface area (Å²) < 4.78 is 5.49. The zero-order valence-corrected chi connectivity index (χ0v) is 19.5. The molecular weight excluding hydrogens is 466 g/mol. The first-order chi connectivity index (χ1) is 15.5. The summed E-state index contributed by atoms with van der Waals surface area (Å²) in [6.45, 7) is 3.79. The van der Waals surface area contributed by atoms with E-state index in [4.69, 9.17) is 4.74 Å². The van der Waals surface area contributed by atoms with E-state index >= 15 is 0 Å². The lowest BCUT2D eigenvalue weighted by Crippen LogP contribution is -2.45. The Hall–Kier alpha value is -3.18. The van der Waals surface area contributed by atoms with E-state index in [1.54, 1.807) is 0 Å². The molecule has 1 atom stereocenters. The number of carbonyl (C=O) groups is 2. The summed E-state index contributed by atoms with van der Waals surface area (Å²) in [5.41, 5.74) is 2.24. The van der Waals surface area contributed by atoms with Gasteiger partial charge in [0.15, 0.2) is 0 Å². The van der Waals surface area contributed by atoms with Crippen molar-refractivity contribution in [1.82, 2.24) is 5.32 Å². The van der Waals surface area contributed by atoms with Gasteiger partial charge < -0.3 is 10.1 Å². The van der Waals surface area contributed by atoms with Gasteiger partial charge >= 0.3 is 5.97 Å². The minimum Gasteiger partial charge on any atom is -0.467 e. The zero-order valence-electron chi connectivity index (χ0n) is 18.0. The SMILES string of the molecule is C=C(Br)C[C@@H](NC(=O)CC(c1ccccc1)(c1ccccc1)c1ccccc1)C(=O)OC. The molecule has 1 N–H and O–H groups in total. The average Bonchev–Trinajstić information content (AvgIpc) is 2.83. The van der Waals surface area contributed by atoms with Gasteiger partial charge in [0.05, 0.1) is 12.5 Å². The molecule has 1 amide bonds. The third kappa shape index (κ3) is 5.35. The highest BCUT2D eigenvalue weighted by molar-refractivity contribution is 9.11. The first kappa shape index (κ1) is 23.5. The fourth-order valence-electron chi connectivity index (χ4n) is 4.02. The maximum atomic E-state index is 13.4. The Morgan fingerprint density at radius 3 is 1.62 bits per heavy atom. The maximum Gasteiger partial charge on any atom is 0.328 e. The molecule has 0 heterocycles. The summed E-state index contributed by atoms with van der Waals surface area (Å²) in [4.78, 5) is 25.7. The molecule has 5 heteroatoms. The molecule has 0 unspecified atom stereocenters. The number of nitrogens with one attached hydrogen (secondary N) is 1. The molecule has 0 fully saturated rings. The Morgan fingerprint density at radius 1 is 0.875 bits per heavy atom. The van der Waals surface area contributed by atoms with Crippen LogP contribution in [0.1, 0.15) is 29.5 Å². The number of halogens is 1. The first-order valence-corrected chi connectivity index (χ1v) is 11.1. The van der Waals surface area contributed by atoms with E-state index in [-0.39, 0.29) is 18.7 Å². The minimum absolute atomic E-state index is 0.118. The largest absolute Gasteiger partial charge is 0.467 e. The summed E-state index contributed by atoms with van der Waals surface area (Å²) in [6, 6.07) is 29.1. The van der Waals surface area contributed by atoms with Crippen LogP contribution in [-0.4, -0.2) is 25.0 Å². The Labute approximate surface area is 197 Å². The van der Waals surface area contributed by atoms with Crippen LogP contribution in [0.5, 0.6) is 0 Å². The Morgan fingerprint density at radius 2 is 1.28 bits per heavy atom. The van der Waals surface area contributed by atoms with Gasteiger partial charge in [-0.15, -0.1) is 0 Å². The normalized spacial score (nSPS) is 11.9. The van der Waals surface area contributed by atoms with Crippen LogP contribution in [-0.2, 0) is 19.7 Å². The molecule has 3 rings (SSSR count). The molecule has 0 spiro atoms. The summed E-state index contributed by atoms with van der Waals surface area (Å²) in [7, 11) is 1.31. The fraction of sp³-hybridized carbons (Fsp3) is 0.185. The molecule has 0 saturated heterocycles. The molecule has 4 nitrogen and oxygen atoms in total. The van der Waals surface area contributed by atoms with Crippen LogP contribution in [0, 0.1) is 0 Å². The van der Waals surface area contributed by atoms with Crippen LogP contribution in [0.3, 0.4) is 0 Å². The summed E-state index contributed by atoms with van der Waals surface area (Å²) in [5.74, 6) is -0.769. The van der Waals surface area contributed by atoms with Crippen molar-refractivity contribution < 1.29 is 14.3 Å². The molecule has 164 valence electrons. The van der Waals surface area contributed by atoms with Gasteiger partial charge in [0.25, 0.3) is 0 Å². The van der Waals surface area contributed by atoms with Crippen LogP contribution >= 0.6 is 15.9 Å². The van der Waals surface area contributed by atoms with Gasteiger partial charge in [0.1, 0.15) is 6.04 Å². The van der Waals surface area contributed by atoms with Gasteiger partial charge in [-0.1, -0.05) is 114 Å². The van der Waals surface area contributed by atoms with Crippen molar-refractivity contribution in [3.63, 3.8) is 0 Å². The topological polar surface area (TPSA) is 55.4 Å². The molecule has 0 bridgehead atoms. The van der Waals surface area contributed by atoms with E-state index < -0.39 is 17.4 Å². The smallest absolute Gasteiger partial charge is 0.328 e. The standard InChI is InChI=1S/C27H26BrNO3/c1-20(28)18-24(26(31)32-2)29-25(30)19-27(21-12-6-3-7-13-21,22-14-8-4-9-15-22)23-16-10-5-11-17-23/h3-17,24H,1,18-19H2,2H3,(H,29,30)/t24-/m1/s1. The lowest BCUT2D eigenvalue weighted by molar-refractivity contribution is -0.145. The van der Waals surface area contributed by atoms with Crippen molar-refractivity contribution in [1.29, 1.82) is 0 Å². The van der Waals surface area contributed by atoms with Gasteiger partial charge in [0.2, 0.25) is 5.91 Å². The number of hydrogen-bond acceptors (Lipinski definition) is 3. The quantitative estimate of drug-likeness (QED) is 0.323. The van der Waals surface area contributed by atoms with Gasteiger partial charge in [-0.2, -0.15) is 0 Å². The van der Waals surface area contributed by atoms with Crippen molar-refractivity contribution in [2.24, 2.45) is 0 Å². The lowest BCUT2D eigenvalue weighted by atomic mass is 9.67.